The quantitative estimate of drug-likeness (QED) is 0.664. The van der Waals surface area contributed by atoms with Gasteiger partial charge in [0.15, 0.2) is 0 Å². The lowest BCUT2D eigenvalue weighted by Crippen LogP contribution is -1.98. The number of hydrogen-bond donors (Lipinski definition) is 0. The van der Waals surface area contributed by atoms with Crippen LogP contribution in [0.4, 0.5) is 0 Å². The van der Waals surface area contributed by atoms with E-state index in [0.717, 1.165) is 5.01 Å². The molecule has 1 heterocycles. The first-order valence-electron chi connectivity index (χ1n) is 3.23. The molecule has 1 rings (SSSR count). The van der Waals surface area contributed by atoms with Crippen LogP contribution in [0.5, 0.6) is 0 Å². The van der Waals surface area contributed by atoms with Gasteiger partial charge < -0.3 is 0 Å². The molecule has 0 atom stereocenters. The second-order valence-corrected chi connectivity index (χ2v) is 2.97. The smallest absolute Gasteiger partial charge is 0.139 e. The molecule has 0 aliphatic rings. The van der Waals surface area contributed by atoms with Crippen LogP contribution in [-0.4, -0.2) is 10.8 Å². The lowest BCUT2D eigenvalue weighted by molar-refractivity contribution is -0.118. The highest BCUT2D eigenvalue weighted by atomic mass is 32.1. The van der Waals surface area contributed by atoms with Gasteiger partial charge in [-0.2, -0.15) is 0 Å². The van der Waals surface area contributed by atoms with Gasteiger partial charge in [0.1, 0.15) is 5.78 Å². The summed E-state index contributed by atoms with van der Waals surface area (Å²) >= 11 is 1.53. The Morgan fingerprint density at radius 3 is 3.10 bits per heavy atom. The first-order chi connectivity index (χ1) is 4.83. The summed E-state index contributed by atoms with van der Waals surface area (Å²) in [7, 11) is 0. The Kier molecular flexibility index (Phi) is 2.57. The zero-order valence-electron chi connectivity index (χ0n) is 5.83. The average molecular weight is 155 g/mol. The first kappa shape index (κ1) is 7.41. The van der Waals surface area contributed by atoms with E-state index in [1.165, 1.54) is 11.3 Å². The number of hydrogen-bond acceptors (Lipinski definition) is 3. The Morgan fingerprint density at radius 2 is 2.60 bits per heavy atom. The second kappa shape index (κ2) is 3.46. The summed E-state index contributed by atoms with van der Waals surface area (Å²) in [6, 6.07) is 0. The monoisotopic (exact) mass is 155 g/mol. The molecule has 0 saturated heterocycles. The number of carbonyl (C=O) groups excluding carboxylic acids is 1. The zero-order chi connectivity index (χ0) is 7.40. The maximum Gasteiger partial charge on any atom is 0.139 e. The molecule has 0 aliphatic heterocycles. The van der Waals surface area contributed by atoms with E-state index in [-0.39, 0.29) is 5.78 Å². The number of rotatable bonds is 3. The number of Topliss-reactive ketones (excluding diaryl/α,β-unsaturated/α-hetero) is 1. The molecule has 0 aromatic carbocycles. The predicted molar refractivity (Wildman–Crippen MR) is 41.1 cm³/mol. The minimum Gasteiger partial charge on any atom is -0.299 e. The van der Waals surface area contributed by atoms with Crippen molar-refractivity contribution in [1.29, 1.82) is 0 Å². The molecule has 54 valence electrons. The molecular weight excluding hydrogens is 146 g/mol. The molecule has 2 nitrogen and oxygen atoms in total. The third kappa shape index (κ3) is 1.92. The Bertz CT molecular complexity index is 205. The van der Waals surface area contributed by atoms with Crippen molar-refractivity contribution in [1.82, 2.24) is 4.98 Å². The molecule has 10 heavy (non-hydrogen) atoms. The minimum atomic E-state index is 0.259. The molecule has 0 saturated carbocycles. The topological polar surface area (TPSA) is 30.0 Å². The van der Waals surface area contributed by atoms with Crippen LogP contribution < -0.4 is 0 Å². The SMILES string of the molecule is CCC(=O)Cc1nccs1. The summed E-state index contributed by atoms with van der Waals surface area (Å²) in [5.74, 6) is 0.259. The van der Waals surface area contributed by atoms with E-state index in [4.69, 9.17) is 0 Å². The molecule has 0 amide bonds. The number of ketones is 1. The Morgan fingerprint density at radius 1 is 1.80 bits per heavy atom. The summed E-state index contributed by atoms with van der Waals surface area (Å²) in [6.07, 6.45) is 2.84. The summed E-state index contributed by atoms with van der Waals surface area (Å²) in [6.45, 7) is 1.87. The standard InChI is InChI=1S/C7H9NOS/c1-2-6(9)5-7-8-3-4-10-7/h3-4H,2,5H2,1H3. The van der Waals surface area contributed by atoms with Crippen molar-refractivity contribution in [3.63, 3.8) is 0 Å². The number of thiazole rings is 1. The molecule has 0 fully saturated rings. The highest BCUT2D eigenvalue weighted by molar-refractivity contribution is 7.09. The molecule has 3 heteroatoms. The highest BCUT2D eigenvalue weighted by Crippen LogP contribution is 2.05. The van der Waals surface area contributed by atoms with Crippen molar-refractivity contribution in [3.05, 3.63) is 16.6 Å². The molecule has 0 N–H and O–H groups in total. The van der Waals surface area contributed by atoms with Crippen LogP contribution in [0.2, 0.25) is 0 Å². The average Bonchev–Trinajstić information content (AvgIpc) is 2.40. The van der Waals surface area contributed by atoms with Gasteiger partial charge in [-0.15, -0.1) is 11.3 Å². The molecular formula is C7H9NOS. The van der Waals surface area contributed by atoms with Crippen molar-refractivity contribution in [3.8, 4) is 0 Å². The van der Waals surface area contributed by atoms with E-state index in [0.29, 0.717) is 12.8 Å². The van der Waals surface area contributed by atoms with Gasteiger partial charge in [0.05, 0.1) is 11.4 Å². The molecule has 0 spiro atoms. The van der Waals surface area contributed by atoms with Crippen LogP contribution in [-0.2, 0) is 11.2 Å². The first-order valence-corrected chi connectivity index (χ1v) is 4.11. The maximum absolute atomic E-state index is 10.8. The van der Waals surface area contributed by atoms with Crippen LogP contribution in [0.15, 0.2) is 11.6 Å². The molecule has 1 aromatic rings. The summed E-state index contributed by atoms with van der Waals surface area (Å²) in [5, 5.41) is 2.81. The van der Waals surface area contributed by atoms with Gasteiger partial charge in [-0.25, -0.2) is 4.98 Å². The summed E-state index contributed by atoms with van der Waals surface area (Å²) in [4.78, 5) is 14.8. The molecule has 0 bridgehead atoms. The summed E-state index contributed by atoms with van der Waals surface area (Å²) in [5.41, 5.74) is 0. The van der Waals surface area contributed by atoms with E-state index in [1.54, 1.807) is 6.20 Å². The van der Waals surface area contributed by atoms with Gasteiger partial charge in [-0.05, 0) is 0 Å². The lowest BCUT2D eigenvalue weighted by atomic mass is 10.2. The lowest BCUT2D eigenvalue weighted by Gasteiger charge is -1.89. The van der Waals surface area contributed by atoms with Gasteiger partial charge in [-0.1, -0.05) is 6.92 Å². The van der Waals surface area contributed by atoms with E-state index < -0.39 is 0 Å². The predicted octanol–water partition coefficient (Wildman–Crippen LogP) is 1.66. The van der Waals surface area contributed by atoms with Crippen molar-refractivity contribution >= 4 is 17.1 Å². The van der Waals surface area contributed by atoms with Crippen LogP contribution in [0.1, 0.15) is 18.4 Å². The Labute approximate surface area is 63.9 Å². The van der Waals surface area contributed by atoms with E-state index in [9.17, 15) is 4.79 Å². The third-order valence-corrected chi connectivity index (χ3v) is 2.01. The second-order valence-electron chi connectivity index (χ2n) is 1.99. The molecule has 1 aromatic heterocycles. The van der Waals surface area contributed by atoms with E-state index >= 15 is 0 Å². The van der Waals surface area contributed by atoms with E-state index in [1.807, 2.05) is 12.3 Å². The van der Waals surface area contributed by atoms with Gasteiger partial charge in [0.25, 0.3) is 0 Å². The van der Waals surface area contributed by atoms with Gasteiger partial charge >= 0.3 is 0 Å². The van der Waals surface area contributed by atoms with Crippen molar-refractivity contribution in [2.75, 3.05) is 0 Å². The fraction of sp³-hybridized carbons (Fsp3) is 0.429. The van der Waals surface area contributed by atoms with Crippen LogP contribution in [0, 0.1) is 0 Å². The number of carbonyl (C=O) groups is 1. The normalized spacial score (nSPS) is 9.70. The molecule has 0 aliphatic carbocycles. The van der Waals surface area contributed by atoms with Gasteiger partial charge in [-0.3, -0.25) is 4.79 Å². The Hall–Kier alpha value is -0.700. The third-order valence-electron chi connectivity index (χ3n) is 1.23. The van der Waals surface area contributed by atoms with Crippen molar-refractivity contribution < 1.29 is 4.79 Å². The highest BCUT2D eigenvalue weighted by Gasteiger charge is 2.01. The van der Waals surface area contributed by atoms with Crippen LogP contribution in [0.3, 0.4) is 0 Å². The van der Waals surface area contributed by atoms with Crippen molar-refractivity contribution in [2.24, 2.45) is 0 Å². The molecule has 0 radical (unpaired) electrons. The molecule has 0 unspecified atom stereocenters. The Balaban J connectivity index is 2.48. The fourth-order valence-corrected chi connectivity index (χ4v) is 1.28. The minimum absolute atomic E-state index is 0.259. The maximum atomic E-state index is 10.8. The largest absolute Gasteiger partial charge is 0.299 e. The van der Waals surface area contributed by atoms with Crippen molar-refractivity contribution in [2.45, 2.75) is 19.8 Å². The van der Waals surface area contributed by atoms with Crippen LogP contribution in [0.25, 0.3) is 0 Å². The van der Waals surface area contributed by atoms with Crippen LogP contribution >= 0.6 is 11.3 Å². The van der Waals surface area contributed by atoms with Gasteiger partial charge in [0, 0.05) is 18.0 Å². The summed E-state index contributed by atoms with van der Waals surface area (Å²) < 4.78 is 0. The zero-order valence-corrected chi connectivity index (χ0v) is 6.65. The van der Waals surface area contributed by atoms with E-state index in [2.05, 4.69) is 4.98 Å². The number of nitrogens with zero attached hydrogens (tertiary/aromatic N) is 1. The number of aromatic nitrogens is 1. The fourth-order valence-electron chi connectivity index (χ4n) is 0.634. The van der Waals surface area contributed by atoms with Gasteiger partial charge in [0.2, 0.25) is 0 Å².